The van der Waals surface area contributed by atoms with Gasteiger partial charge in [0, 0.05) is 35.8 Å². The lowest BCUT2D eigenvalue weighted by atomic mass is 10.0. The average molecular weight is 616 g/mol. The third-order valence-corrected chi connectivity index (χ3v) is 9.03. The maximum absolute atomic E-state index is 13.2. The van der Waals surface area contributed by atoms with E-state index in [4.69, 9.17) is 4.74 Å². The predicted octanol–water partition coefficient (Wildman–Crippen LogP) is 5.71. The van der Waals surface area contributed by atoms with Crippen LogP contribution in [0.3, 0.4) is 0 Å². The number of halogens is 2. The molecule has 1 aromatic heterocycles. The first-order valence-electron chi connectivity index (χ1n) is 12.4. The number of carbonyl (C=O) groups is 2. The Kier molecular flexibility index (Phi) is 9.44. The van der Waals surface area contributed by atoms with E-state index in [1.165, 1.54) is 42.2 Å². The van der Waals surface area contributed by atoms with Crippen LogP contribution in [-0.4, -0.2) is 38.8 Å². The van der Waals surface area contributed by atoms with E-state index in [0.29, 0.717) is 23.5 Å². The van der Waals surface area contributed by atoms with Gasteiger partial charge >= 0.3 is 5.97 Å². The topological polar surface area (TPSA) is 105 Å². The Bertz CT molecular complexity index is 1660. The minimum atomic E-state index is -4.00. The van der Waals surface area contributed by atoms with Gasteiger partial charge in [-0.1, -0.05) is 36.4 Å². The number of hydrogen-bond donors (Lipinski definition) is 2. The molecule has 0 radical (unpaired) electrons. The van der Waals surface area contributed by atoms with Gasteiger partial charge in [-0.25, -0.2) is 17.6 Å². The zero-order valence-corrected chi connectivity index (χ0v) is 24.4. The smallest absolute Gasteiger partial charge is 0.341 e. The molecule has 1 amide bonds. The number of benzene rings is 3. The van der Waals surface area contributed by atoms with Crippen LogP contribution in [0.1, 0.15) is 36.7 Å². The van der Waals surface area contributed by atoms with Gasteiger partial charge in [-0.05, 0) is 60.0 Å². The van der Waals surface area contributed by atoms with Gasteiger partial charge < -0.3 is 10.1 Å². The number of carbonyl (C=O) groups excluding carboxylic acids is 2. The first kappa shape index (κ1) is 30.2. The Morgan fingerprint density at radius 2 is 1.76 bits per heavy atom. The normalized spacial score (nSPS) is 13.0. The standard InChI is InChI=1S/C29H26FN3O5S2.ClH/c1-38-29(35)26-24-14-15-33(17-19-6-3-2-4-7-19)18-25(24)39-28(26)31-27(34)20-8-5-9-22(16-20)32-40(36,37)23-12-10-21(30)11-13-23;/h2-13,16,32H,14-15,17-18H2,1H3,(H,31,34);1H. The van der Waals surface area contributed by atoms with Crippen LogP contribution in [0.5, 0.6) is 0 Å². The predicted molar refractivity (Wildman–Crippen MR) is 159 cm³/mol. The molecule has 0 saturated heterocycles. The molecule has 0 atom stereocenters. The minimum absolute atomic E-state index is 0. The molecule has 0 spiro atoms. The molecule has 8 nitrogen and oxygen atoms in total. The zero-order chi connectivity index (χ0) is 28.3. The number of amides is 1. The number of methoxy groups -OCH3 is 1. The number of hydrogen-bond acceptors (Lipinski definition) is 7. The molecule has 0 saturated carbocycles. The van der Waals surface area contributed by atoms with E-state index in [-0.39, 0.29) is 28.6 Å². The summed E-state index contributed by atoms with van der Waals surface area (Å²) >= 11 is 1.34. The van der Waals surface area contributed by atoms with Crippen molar-refractivity contribution in [3.63, 3.8) is 0 Å². The van der Waals surface area contributed by atoms with E-state index in [2.05, 4.69) is 27.1 Å². The molecule has 0 fully saturated rings. The molecule has 1 aliphatic rings. The fourth-order valence-corrected chi connectivity index (χ4v) is 6.89. The largest absolute Gasteiger partial charge is 0.465 e. The minimum Gasteiger partial charge on any atom is -0.465 e. The Morgan fingerprint density at radius 3 is 2.46 bits per heavy atom. The van der Waals surface area contributed by atoms with Crippen molar-refractivity contribution < 1.29 is 27.1 Å². The number of rotatable bonds is 8. The van der Waals surface area contributed by atoms with E-state index >= 15 is 0 Å². The molecule has 2 heterocycles. The lowest BCUT2D eigenvalue weighted by Gasteiger charge is -2.27. The fraction of sp³-hybridized carbons (Fsp3) is 0.172. The highest BCUT2D eigenvalue weighted by Gasteiger charge is 2.29. The number of nitrogens with zero attached hydrogens (tertiary/aromatic N) is 1. The summed E-state index contributed by atoms with van der Waals surface area (Å²) < 4.78 is 46.1. The van der Waals surface area contributed by atoms with E-state index in [0.717, 1.165) is 47.8 Å². The summed E-state index contributed by atoms with van der Waals surface area (Å²) in [5.74, 6) is -1.58. The third-order valence-electron chi connectivity index (χ3n) is 6.50. The molecule has 12 heteroatoms. The summed E-state index contributed by atoms with van der Waals surface area (Å²) in [6.45, 7) is 2.16. The van der Waals surface area contributed by atoms with Crippen LogP contribution in [0.15, 0.2) is 83.8 Å². The van der Waals surface area contributed by atoms with Crippen LogP contribution in [0.4, 0.5) is 15.1 Å². The van der Waals surface area contributed by atoms with Crippen molar-refractivity contribution in [1.29, 1.82) is 0 Å². The van der Waals surface area contributed by atoms with Gasteiger partial charge in [-0.2, -0.15) is 0 Å². The van der Waals surface area contributed by atoms with Crippen molar-refractivity contribution >= 4 is 56.3 Å². The maximum Gasteiger partial charge on any atom is 0.341 e. The first-order chi connectivity index (χ1) is 19.2. The SMILES string of the molecule is COC(=O)c1c(NC(=O)c2cccc(NS(=O)(=O)c3ccc(F)cc3)c2)sc2c1CCN(Cc1ccccc1)C2.Cl. The highest BCUT2D eigenvalue weighted by atomic mass is 35.5. The third kappa shape index (κ3) is 6.94. The Morgan fingerprint density at radius 1 is 1.02 bits per heavy atom. The first-order valence-corrected chi connectivity index (χ1v) is 14.7. The molecule has 4 aromatic rings. The second kappa shape index (κ2) is 12.8. The molecular formula is C29H27ClFN3O5S2. The highest BCUT2D eigenvalue weighted by molar-refractivity contribution is 7.92. The number of nitrogens with one attached hydrogen (secondary N) is 2. The van der Waals surface area contributed by atoms with Crippen LogP contribution in [-0.2, 0) is 34.3 Å². The summed E-state index contributed by atoms with van der Waals surface area (Å²) in [4.78, 5) is 29.1. The number of thiophene rings is 1. The van der Waals surface area contributed by atoms with Crippen molar-refractivity contribution in [2.45, 2.75) is 24.4 Å². The number of sulfonamides is 1. The summed E-state index contributed by atoms with van der Waals surface area (Å²) in [5, 5.41) is 3.22. The fourth-order valence-electron chi connectivity index (χ4n) is 4.57. The lowest BCUT2D eigenvalue weighted by Crippen LogP contribution is -2.29. The Labute approximate surface area is 247 Å². The van der Waals surface area contributed by atoms with Crippen LogP contribution < -0.4 is 10.0 Å². The second-order valence-corrected chi connectivity index (χ2v) is 12.0. The second-order valence-electron chi connectivity index (χ2n) is 9.24. The van der Waals surface area contributed by atoms with E-state index in [9.17, 15) is 22.4 Å². The number of fused-ring (bicyclic) bond motifs is 1. The van der Waals surface area contributed by atoms with Gasteiger partial charge in [0.25, 0.3) is 15.9 Å². The monoisotopic (exact) mass is 615 g/mol. The highest BCUT2D eigenvalue weighted by Crippen LogP contribution is 2.38. The molecule has 0 aliphatic carbocycles. The molecule has 0 unspecified atom stereocenters. The van der Waals surface area contributed by atoms with Gasteiger partial charge in [0.05, 0.1) is 17.6 Å². The van der Waals surface area contributed by atoms with E-state index in [1.54, 1.807) is 6.07 Å². The molecular weight excluding hydrogens is 589 g/mol. The van der Waals surface area contributed by atoms with Crippen molar-refractivity contribution in [1.82, 2.24) is 4.90 Å². The summed E-state index contributed by atoms with van der Waals surface area (Å²) in [5.41, 5.74) is 2.76. The molecule has 0 bridgehead atoms. The van der Waals surface area contributed by atoms with Crippen molar-refractivity contribution in [2.24, 2.45) is 0 Å². The van der Waals surface area contributed by atoms with Crippen LogP contribution in [0.2, 0.25) is 0 Å². The van der Waals surface area contributed by atoms with Gasteiger partial charge in [-0.15, -0.1) is 23.7 Å². The van der Waals surface area contributed by atoms with Crippen LogP contribution >= 0.6 is 23.7 Å². The molecule has 2 N–H and O–H groups in total. The lowest BCUT2D eigenvalue weighted by molar-refractivity contribution is 0.0600. The van der Waals surface area contributed by atoms with Gasteiger partial charge in [0.15, 0.2) is 0 Å². The Balaban J connectivity index is 0.00000387. The summed E-state index contributed by atoms with van der Waals surface area (Å²) in [6, 6.07) is 20.5. The summed E-state index contributed by atoms with van der Waals surface area (Å²) in [7, 11) is -2.69. The molecule has 41 heavy (non-hydrogen) atoms. The van der Waals surface area contributed by atoms with Crippen molar-refractivity contribution in [3.8, 4) is 0 Å². The van der Waals surface area contributed by atoms with Gasteiger partial charge in [-0.3, -0.25) is 14.4 Å². The maximum atomic E-state index is 13.2. The number of ether oxygens (including phenoxy) is 1. The molecule has 1 aliphatic heterocycles. The van der Waals surface area contributed by atoms with Crippen LogP contribution in [0, 0.1) is 5.82 Å². The molecule has 3 aromatic carbocycles. The molecule has 214 valence electrons. The van der Waals surface area contributed by atoms with E-state index in [1.807, 2.05) is 18.2 Å². The summed E-state index contributed by atoms with van der Waals surface area (Å²) in [6.07, 6.45) is 0.639. The van der Waals surface area contributed by atoms with Crippen molar-refractivity contribution in [3.05, 3.63) is 112 Å². The Hall–Kier alpha value is -3.77. The quantitative estimate of drug-likeness (QED) is 0.246. The number of esters is 1. The van der Waals surface area contributed by atoms with Gasteiger partial charge in [0.1, 0.15) is 10.8 Å². The van der Waals surface area contributed by atoms with Crippen molar-refractivity contribution in [2.75, 3.05) is 23.7 Å². The van der Waals surface area contributed by atoms with Crippen LogP contribution in [0.25, 0.3) is 0 Å². The molecule has 5 rings (SSSR count). The average Bonchev–Trinajstić information content (AvgIpc) is 3.30. The van der Waals surface area contributed by atoms with Gasteiger partial charge in [0.2, 0.25) is 0 Å². The van der Waals surface area contributed by atoms with E-state index < -0.39 is 27.7 Å². The zero-order valence-electron chi connectivity index (χ0n) is 21.9. The number of anilines is 2.